The molecule has 3 aromatic heterocycles. The molecule has 0 saturated heterocycles. The van der Waals surface area contributed by atoms with Crippen LogP contribution in [-0.2, 0) is 21.4 Å². The molecule has 1 saturated carbocycles. The number of amides is 1. The highest BCUT2D eigenvalue weighted by atomic mass is 32.2. The van der Waals surface area contributed by atoms with Crippen molar-refractivity contribution in [1.82, 2.24) is 23.8 Å². The number of fused-ring (bicyclic) bond motifs is 3. The Hall–Kier alpha value is -3.44. The Kier molecular flexibility index (Phi) is 5.74. The van der Waals surface area contributed by atoms with E-state index in [2.05, 4.69) is 15.3 Å². The lowest BCUT2D eigenvalue weighted by molar-refractivity contribution is 0.160. The Bertz CT molecular complexity index is 1450. The molecule has 0 unspecified atom stereocenters. The largest absolute Gasteiger partial charge is 0.453 e. The molecule has 5 rings (SSSR count). The average molecular weight is 484 g/mol. The molecule has 1 fully saturated rings. The van der Waals surface area contributed by atoms with Gasteiger partial charge in [-0.2, -0.15) is 0 Å². The van der Waals surface area contributed by atoms with Crippen molar-refractivity contribution in [1.29, 1.82) is 0 Å². The molecule has 1 aliphatic carbocycles. The fraction of sp³-hybridized carbons (Fsp3) is 0.348. The van der Waals surface area contributed by atoms with Gasteiger partial charge in [0, 0.05) is 23.7 Å². The third-order valence-electron chi connectivity index (χ3n) is 6.41. The summed E-state index contributed by atoms with van der Waals surface area (Å²) in [7, 11) is -2.48. The zero-order valence-corrected chi connectivity index (χ0v) is 19.4. The van der Waals surface area contributed by atoms with Crippen LogP contribution in [0.1, 0.15) is 37.5 Å². The smallest absolute Gasteiger partial charge is 0.407 e. The summed E-state index contributed by atoms with van der Waals surface area (Å²) in [5.74, 6) is 0.507. The van der Waals surface area contributed by atoms with E-state index < -0.39 is 16.1 Å². The molecular formula is C23H25N5O5S. The molecule has 1 aromatic carbocycles. The molecule has 2 N–H and O–H groups in total. The average Bonchev–Trinajstić information content (AvgIpc) is 3.46. The summed E-state index contributed by atoms with van der Waals surface area (Å²) >= 11 is 0. The number of carbonyl (C=O) groups excluding carboxylic acids is 1. The van der Waals surface area contributed by atoms with Crippen molar-refractivity contribution >= 4 is 38.2 Å². The van der Waals surface area contributed by atoms with Crippen LogP contribution in [0, 0.1) is 0 Å². The summed E-state index contributed by atoms with van der Waals surface area (Å²) in [6.07, 6.45) is 5.65. The number of carbonyl (C=O) groups is 1. The van der Waals surface area contributed by atoms with Crippen LogP contribution in [0.15, 0.2) is 53.7 Å². The minimum atomic E-state index is -3.83. The number of nitrogens with one attached hydrogen (secondary N) is 1. The van der Waals surface area contributed by atoms with Crippen molar-refractivity contribution in [3.05, 3.63) is 54.6 Å². The molecule has 0 atom stereocenters. The molecule has 0 bridgehead atoms. The highest BCUT2D eigenvalue weighted by Crippen LogP contribution is 2.36. The van der Waals surface area contributed by atoms with E-state index in [1.54, 1.807) is 42.6 Å². The topological polar surface area (TPSA) is 128 Å². The Morgan fingerprint density at radius 3 is 2.59 bits per heavy atom. The summed E-state index contributed by atoms with van der Waals surface area (Å²) in [6, 6.07) is 10.0. The molecule has 0 aliphatic heterocycles. The molecular weight excluding hydrogens is 458 g/mol. The molecule has 178 valence electrons. The number of imidazole rings is 1. The van der Waals surface area contributed by atoms with E-state index in [4.69, 9.17) is 4.74 Å². The van der Waals surface area contributed by atoms with Crippen molar-refractivity contribution in [2.75, 3.05) is 7.11 Å². The molecule has 34 heavy (non-hydrogen) atoms. The zero-order valence-electron chi connectivity index (χ0n) is 18.6. The lowest BCUT2D eigenvalue weighted by Gasteiger charge is -2.30. The van der Waals surface area contributed by atoms with Crippen LogP contribution >= 0.6 is 0 Å². The minimum Gasteiger partial charge on any atom is -0.453 e. The van der Waals surface area contributed by atoms with E-state index in [1.807, 2.05) is 4.57 Å². The normalized spacial score (nSPS) is 18.9. The van der Waals surface area contributed by atoms with Gasteiger partial charge in [-0.1, -0.05) is 18.2 Å². The summed E-state index contributed by atoms with van der Waals surface area (Å²) in [4.78, 5) is 20.7. The van der Waals surface area contributed by atoms with Crippen LogP contribution in [0.2, 0.25) is 0 Å². The number of aliphatic hydroxyl groups is 1. The Morgan fingerprint density at radius 1 is 1.18 bits per heavy atom. The Balaban J connectivity index is 1.57. The van der Waals surface area contributed by atoms with Crippen LogP contribution in [0.5, 0.6) is 0 Å². The quantitative estimate of drug-likeness (QED) is 0.447. The summed E-state index contributed by atoms with van der Waals surface area (Å²) < 4.78 is 34.4. The number of hydrogen-bond donors (Lipinski definition) is 2. The minimum absolute atomic E-state index is 0.0230. The predicted octanol–water partition coefficient (Wildman–Crippen LogP) is 2.96. The first kappa shape index (κ1) is 22.4. The first-order valence-electron chi connectivity index (χ1n) is 11.1. The number of benzene rings is 1. The highest BCUT2D eigenvalue weighted by molar-refractivity contribution is 7.90. The van der Waals surface area contributed by atoms with Crippen LogP contribution in [0.4, 0.5) is 4.79 Å². The second kappa shape index (κ2) is 8.73. The third kappa shape index (κ3) is 3.70. The molecule has 1 amide bonds. The van der Waals surface area contributed by atoms with Gasteiger partial charge in [0.15, 0.2) is 5.65 Å². The van der Waals surface area contributed by atoms with Gasteiger partial charge in [-0.15, -0.1) is 0 Å². The van der Waals surface area contributed by atoms with Crippen molar-refractivity contribution in [2.24, 2.45) is 0 Å². The van der Waals surface area contributed by atoms with Gasteiger partial charge in [0.1, 0.15) is 17.9 Å². The maximum Gasteiger partial charge on any atom is 0.407 e. The molecule has 1 aliphatic rings. The van der Waals surface area contributed by atoms with Gasteiger partial charge in [-0.05, 0) is 43.9 Å². The van der Waals surface area contributed by atoms with E-state index in [9.17, 15) is 18.3 Å². The molecule has 11 heteroatoms. The number of hydrogen-bond acceptors (Lipinski definition) is 7. The number of pyridine rings is 1. The van der Waals surface area contributed by atoms with E-state index in [1.165, 1.54) is 17.3 Å². The maximum atomic E-state index is 13.3. The first-order valence-corrected chi connectivity index (χ1v) is 12.5. The highest BCUT2D eigenvalue weighted by Gasteiger charge is 2.28. The van der Waals surface area contributed by atoms with E-state index in [0.717, 1.165) is 31.2 Å². The number of aliphatic hydroxyl groups excluding tert-OH is 1. The predicted molar refractivity (Wildman–Crippen MR) is 125 cm³/mol. The van der Waals surface area contributed by atoms with Crippen LogP contribution in [0.25, 0.3) is 22.1 Å². The van der Waals surface area contributed by atoms with Crippen molar-refractivity contribution < 1.29 is 23.1 Å². The summed E-state index contributed by atoms with van der Waals surface area (Å²) in [6.45, 7) is -0.250. The summed E-state index contributed by atoms with van der Waals surface area (Å²) in [5, 5.41) is 13.5. The number of methoxy groups -OCH3 is 1. The molecule has 0 radical (unpaired) electrons. The fourth-order valence-corrected chi connectivity index (χ4v) is 6.13. The number of aromatic nitrogens is 4. The standard InChI is InChI=1S/C23H25N5O5S/c1-33-23(30)25-15-7-9-16(10-8-15)28-20(14-29)26-19-13-24-22-18(21(19)28)11-12-27(22)34(31,32)17-5-3-2-4-6-17/h2-6,11-13,15-16,29H,7-10,14H2,1H3,(H,25,30). The number of ether oxygens (including phenoxy) is 1. The summed E-state index contributed by atoms with van der Waals surface area (Å²) in [5.41, 5.74) is 1.66. The van der Waals surface area contributed by atoms with Gasteiger partial charge in [-0.25, -0.2) is 27.2 Å². The van der Waals surface area contributed by atoms with Gasteiger partial charge in [0.05, 0.1) is 23.7 Å². The number of nitrogens with zero attached hydrogens (tertiary/aromatic N) is 4. The third-order valence-corrected chi connectivity index (χ3v) is 8.09. The molecule has 0 spiro atoms. The SMILES string of the molecule is COC(=O)NC1CCC(n2c(CO)nc3cnc4c(ccn4S(=O)(=O)c4ccccc4)c32)CC1. The fourth-order valence-electron chi connectivity index (χ4n) is 4.80. The van der Waals surface area contributed by atoms with Gasteiger partial charge >= 0.3 is 6.09 Å². The Morgan fingerprint density at radius 2 is 1.91 bits per heavy atom. The van der Waals surface area contributed by atoms with Crippen LogP contribution in [-0.4, -0.2) is 51.3 Å². The monoisotopic (exact) mass is 483 g/mol. The van der Waals surface area contributed by atoms with E-state index in [0.29, 0.717) is 22.4 Å². The van der Waals surface area contributed by atoms with Gasteiger partial charge in [-0.3, -0.25) is 0 Å². The lowest BCUT2D eigenvalue weighted by atomic mass is 9.91. The maximum absolute atomic E-state index is 13.3. The van der Waals surface area contributed by atoms with Crippen LogP contribution < -0.4 is 5.32 Å². The Labute approximate surface area is 196 Å². The second-order valence-electron chi connectivity index (χ2n) is 8.36. The number of alkyl carbamates (subject to hydrolysis) is 1. The lowest BCUT2D eigenvalue weighted by Crippen LogP contribution is -2.38. The van der Waals surface area contributed by atoms with Crippen molar-refractivity contribution in [3.63, 3.8) is 0 Å². The van der Waals surface area contributed by atoms with Crippen molar-refractivity contribution in [3.8, 4) is 0 Å². The zero-order chi connectivity index (χ0) is 23.9. The van der Waals surface area contributed by atoms with Gasteiger partial charge < -0.3 is 19.7 Å². The second-order valence-corrected chi connectivity index (χ2v) is 10.2. The van der Waals surface area contributed by atoms with Gasteiger partial charge in [0.25, 0.3) is 10.0 Å². The van der Waals surface area contributed by atoms with E-state index >= 15 is 0 Å². The van der Waals surface area contributed by atoms with E-state index in [-0.39, 0.29) is 23.6 Å². The number of rotatable bonds is 5. The molecule has 10 nitrogen and oxygen atoms in total. The van der Waals surface area contributed by atoms with Crippen molar-refractivity contribution in [2.45, 2.75) is 49.3 Å². The molecule has 3 heterocycles. The van der Waals surface area contributed by atoms with Crippen LogP contribution in [0.3, 0.4) is 0 Å². The van der Waals surface area contributed by atoms with Gasteiger partial charge in [0.2, 0.25) is 0 Å². The first-order chi connectivity index (χ1) is 16.4. The molecule has 4 aromatic rings.